The second-order valence-electron chi connectivity index (χ2n) is 10.2. The summed E-state index contributed by atoms with van der Waals surface area (Å²) in [5.41, 5.74) is 23.3. The van der Waals surface area contributed by atoms with Gasteiger partial charge in [0.2, 0.25) is 23.6 Å². The van der Waals surface area contributed by atoms with Gasteiger partial charge in [-0.25, -0.2) is 4.79 Å². The topological polar surface area (TPSA) is 273 Å². The summed E-state index contributed by atoms with van der Waals surface area (Å²) in [5.74, 6) is -6.69. The average molecular weight is 666 g/mol. The highest BCUT2D eigenvalue weighted by Crippen LogP contribution is 2.18. The predicted octanol–water partition coefficient (Wildman–Crippen LogP) is -0.268. The number of benzene rings is 2. The number of carbonyl (C=O) groups is 5. The molecular formula is C29H38F3N9O6. The summed E-state index contributed by atoms with van der Waals surface area (Å²) in [4.78, 5) is 66.1. The monoisotopic (exact) mass is 665 g/mol. The summed E-state index contributed by atoms with van der Waals surface area (Å²) in [6.45, 7) is 0.239. The minimum absolute atomic E-state index is 0.0405. The number of nitrogens with one attached hydrogen (secondary N) is 3. The Kier molecular flexibility index (Phi) is 15.3. The molecule has 0 aromatic heterocycles. The number of carboxylic acids is 1. The van der Waals surface area contributed by atoms with E-state index >= 15 is 0 Å². The van der Waals surface area contributed by atoms with E-state index in [0.717, 1.165) is 0 Å². The largest absolute Gasteiger partial charge is 0.490 e. The molecule has 0 aliphatic carbocycles. The number of primary amides is 1. The smallest absolute Gasteiger partial charge is 0.475 e. The second-order valence-corrected chi connectivity index (χ2v) is 10.2. The minimum atomic E-state index is -5.08. The SMILES string of the molecule is CN(C)C(=O)C(Cc1ccc(C(=N)N)cc1)C(=O)N[C@H](C(=O)NC(CCCN=C(N)N)C(N)=O)c1ccccc1.O=C(O)C(F)(F)F. The Balaban J connectivity index is 0.00000141. The number of hydrogen-bond donors (Lipinski definition) is 8. The van der Waals surface area contributed by atoms with Gasteiger partial charge in [-0.05, 0) is 30.4 Å². The van der Waals surface area contributed by atoms with Crippen molar-refractivity contribution in [1.29, 1.82) is 5.41 Å². The Hall–Kier alpha value is -5.68. The second kappa shape index (κ2) is 18.3. The molecule has 2 aromatic carbocycles. The highest BCUT2D eigenvalue weighted by atomic mass is 19.4. The normalized spacial score (nSPS) is 12.5. The number of aliphatic carboxylic acids is 1. The van der Waals surface area contributed by atoms with E-state index in [1.807, 2.05) is 0 Å². The van der Waals surface area contributed by atoms with Crippen molar-refractivity contribution in [2.24, 2.45) is 33.8 Å². The van der Waals surface area contributed by atoms with Crippen LogP contribution in [0, 0.1) is 11.3 Å². The highest BCUT2D eigenvalue weighted by Gasteiger charge is 2.38. The molecule has 2 unspecified atom stereocenters. The molecule has 12 N–H and O–H groups in total. The fourth-order valence-corrected chi connectivity index (χ4v) is 3.89. The third-order valence-electron chi connectivity index (χ3n) is 6.29. The van der Waals surface area contributed by atoms with Crippen molar-refractivity contribution in [2.45, 2.75) is 37.5 Å². The molecule has 0 spiro atoms. The van der Waals surface area contributed by atoms with Crippen molar-refractivity contribution < 1.29 is 42.3 Å². The van der Waals surface area contributed by atoms with Gasteiger partial charge in [-0.3, -0.25) is 29.6 Å². The van der Waals surface area contributed by atoms with Crippen LogP contribution in [0.3, 0.4) is 0 Å². The van der Waals surface area contributed by atoms with Gasteiger partial charge >= 0.3 is 12.1 Å². The number of amides is 4. The Morgan fingerprint density at radius 1 is 0.915 bits per heavy atom. The first-order chi connectivity index (χ1) is 21.8. The van der Waals surface area contributed by atoms with Gasteiger partial charge in [0, 0.05) is 26.2 Å². The zero-order valence-corrected chi connectivity index (χ0v) is 25.6. The lowest BCUT2D eigenvalue weighted by Crippen LogP contribution is -2.51. The maximum Gasteiger partial charge on any atom is 0.490 e. The zero-order chi connectivity index (χ0) is 35.9. The lowest BCUT2D eigenvalue weighted by atomic mass is 9.95. The summed E-state index contributed by atoms with van der Waals surface area (Å²) in [7, 11) is 3.06. The molecule has 0 aliphatic rings. The van der Waals surface area contributed by atoms with E-state index in [9.17, 15) is 32.3 Å². The highest BCUT2D eigenvalue weighted by molar-refractivity contribution is 6.02. The van der Waals surface area contributed by atoms with E-state index in [1.165, 1.54) is 19.0 Å². The van der Waals surface area contributed by atoms with Crippen LogP contribution >= 0.6 is 0 Å². The van der Waals surface area contributed by atoms with Crippen LogP contribution in [0.4, 0.5) is 13.2 Å². The molecule has 0 saturated carbocycles. The van der Waals surface area contributed by atoms with Crippen LogP contribution < -0.4 is 33.6 Å². The van der Waals surface area contributed by atoms with Crippen LogP contribution in [0.25, 0.3) is 0 Å². The molecule has 2 aromatic rings. The number of nitrogens with zero attached hydrogens (tertiary/aromatic N) is 2. The number of alkyl halides is 3. The van der Waals surface area contributed by atoms with Gasteiger partial charge in [0.25, 0.3) is 0 Å². The van der Waals surface area contributed by atoms with Crippen molar-refractivity contribution in [1.82, 2.24) is 15.5 Å². The summed E-state index contributed by atoms with van der Waals surface area (Å²) < 4.78 is 31.7. The zero-order valence-electron chi connectivity index (χ0n) is 25.6. The maximum atomic E-state index is 13.5. The molecule has 0 bridgehead atoms. The molecule has 0 aliphatic heterocycles. The van der Waals surface area contributed by atoms with Gasteiger partial charge in [0.05, 0.1) is 0 Å². The predicted molar refractivity (Wildman–Crippen MR) is 165 cm³/mol. The maximum absolute atomic E-state index is 13.5. The number of amidine groups is 1. The van der Waals surface area contributed by atoms with E-state index in [1.54, 1.807) is 54.6 Å². The van der Waals surface area contributed by atoms with Crippen molar-refractivity contribution in [2.75, 3.05) is 20.6 Å². The van der Waals surface area contributed by atoms with Crippen molar-refractivity contribution in [3.8, 4) is 0 Å². The number of nitrogens with two attached hydrogens (primary N) is 4. The number of rotatable bonds is 14. The molecule has 15 nitrogen and oxygen atoms in total. The third kappa shape index (κ3) is 13.9. The molecule has 0 fully saturated rings. The third-order valence-corrected chi connectivity index (χ3v) is 6.29. The molecule has 47 heavy (non-hydrogen) atoms. The lowest BCUT2D eigenvalue weighted by molar-refractivity contribution is -0.192. The Labute approximate surface area is 268 Å². The van der Waals surface area contributed by atoms with Crippen molar-refractivity contribution in [3.63, 3.8) is 0 Å². The standard InChI is InChI=1S/C27H37N9O4.C2HF3O2/c1-36(2)26(40)19(15-16-10-12-18(13-11-16)22(28)29)24(38)35-21(17-7-4-3-5-8-17)25(39)34-20(23(30)37)9-6-14-33-27(31)32;3-2(4,5)1(6)7/h3-5,7-8,10-13,19-21H,6,9,14-15H2,1-2H3,(H3,28,29)(H2,30,37)(H,34,39)(H,35,38)(H4,31,32,33);(H,6,7)/t19?,20?,21-;/m0./s1. The molecule has 18 heteroatoms. The first-order valence-electron chi connectivity index (χ1n) is 13.8. The van der Waals surface area contributed by atoms with Gasteiger partial charge in [0.15, 0.2) is 5.96 Å². The number of carbonyl (C=O) groups excluding carboxylic acids is 4. The van der Waals surface area contributed by atoms with Crippen LogP contribution in [-0.4, -0.2) is 84.3 Å². The molecule has 4 amide bonds. The Bertz CT molecular complexity index is 1430. The van der Waals surface area contributed by atoms with Crippen LogP contribution in [0.1, 0.15) is 35.6 Å². The fraction of sp³-hybridized carbons (Fsp3) is 0.345. The molecular weight excluding hydrogens is 627 g/mol. The van der Waals surface area contributed by atoms with Crippen LogP contribution in [-0.2, 0) is 30.4 Å². The van der Waals surface area contributed by atoms with Crippen LogP contribution in [0.2, 0.25) is 0 Å². The van der Waals surface area contributed by atoms with Gasteiger partial charge in [-0.1, -0.05) is 54.6 Å². The van der Waals surface area contributed by atoms with E-state index in [2.05, 4.69) is 15.6 Å². The van der Waals surface area contributed by atoms with Crippen molar-refractivity contribution in [3.05, 3.63) is 71.3 Å². The van der Waals surface area contributed by atoms with E-state index in [-0.39, 0.29) is 31.2 Å². The van der Waals surface area contributed by atoms with Gasteiger partial charge in [-0.2, -0.15) is 13.2 Å². The van der Waals surface area contributed by atoms with Crippen LogP contribution in [0.5, 0.6) is 0 Å². The minimum Gasteiger partial charge on any atom is -0.475 e. The Morgan fingerprint density at radius 2 is 1.47 bits per heavy atom. The first kappa shape index (κ1) is 39.3. The number of carboxylic acid groups (broad SMARTS) is 1. The Morgan fingerprint density at radius 3 is 1.91 bits per heavy atom. The number of guanidine groups is 1. The van der Waals surface area contributed by atoms with E-state index in [0.29, 0.717) is 23.1 Å². The first-order valence-corrected chi connectivity index (χ1v) is 13.8. The summed E-state index contributed by atoms with van der Waals surface area (Å²) >= 11 is 0. The fourth-order valence-electron chi connectivity index (χ4n) is 3.89. The van der Waals surface area contributed by atoms with Crippen LogP contribution in [0.15, 0.2) is 59.6 Å². The lowest BCUT2D eigenvalue weighted by Gasteiger charge is -2.25. The molecule has 0 radical (unpaired) electrons. The number of aliphatic imine (C=N–C) groups is 1. The van der Waals surface area contributed by atoms with Crippen molar-refractivity contribution >= 4 is 41.4 Å². The van der Waals surface area contributed by atoms with E-state index < -0.39 is 53.8 Å². The van der Waals surface area contributed by atoms with Gasteiger partial charge < -0.3 is 43.6 Å². The number of nitrogen functional groups attached to an aromatic ring is 1. The molecule has 2 rings (SSSR count). The average Bonchev–Trinajstić information content (AvgIpc) is 2.99. The summed E-state index contributed by atoms with van der Waals surface area (Å²) in [6.07, 6.45) is -4.50. The molecule has 3 atom stereocenters. The molecule has 256 valence electrons. The summed E-state index contributed by atoms with van der Waals surface area (Å²) in [5, 5.41) is 20.0. The number of hydrogen-bond acceptors (Lipinski definition) is 7. The van der Waals surface area contributed by atoms with Gasteiger partial charge in [0.1, 0.15) is 23.8 Å². The van der Waals surface area contributed by atoms with Gasteiger partial charge in [-0.15, -0.1) is 0 Å². The molecule has 0 heterocycles. The summed E-state index contributed by atoms with van der Waals surface area (Å²) in [6, 6.07) is 12.8. The van der Waals surface area contributed by atoms with E-state index in [4.69, 9.17) is 38.2 Å². The molecule has 0 saturated heterocycles. The number of halogens is 3. The quantitative estimate of drug-likeness (QED) is 0.0570.